The van der Waals surface area contributed by atoms with Crippen LogP contribution in [0.4, 0.5) is 5.88 Å². The first-order chi connectivity index (χ1) is 8.66. The van der Waals surface area contributed by atoms with Gasteiger partial charge in [-0.3, -0.25) is 9.69 Å². The summed E-state index contributed by atoms with van der Waals surface area (Å²) in [4.78, 5) is 15.9. The fraction of sp³-hybridized carbons (Fsp3) is 0.615. The number of hydrogen-bond acceptors (Lipinski definition) is 4. The standard InChI is InChI=1S/C13H21N3O2/c1-11-3-4-13(18-11)15(2)12(17)5-8-16-9-6-14-7-10-16/h3-4,14H,5-10H2,1-2H3. The summed E-state index contributed by atoms with van der Waals surface area (Å²) in [7, 11) is 1.76. The Balaban J connectivity index is 1.80. The normalized spacial score (nSPS) is 16.8. The molecule has 1 aliphatic rings. The molecular weight excluding hydrogens is 230 g/mol. The molecule has 0 atom stereocenters. The van der Waals surface area contributed by atoms with Gasteiger partial charge in [-0.25, -0.2) is 0 Å². The Morgan fingerprint density at radius 3 is 2.78 bits per heavy atom. The molecule has 0 saturated carbocycles. The monoisotopic (exact) mass is 251 g/mol. The Labute approximate surface area is 108 Å². The second kappa shape index (κ2) is 6.02. The number of furan rings is 1. The first-order valence-corrected chi connectivity index (χ1v) is 6.43. The van der Waals surface area contributed by atoms with E-state index >= 15 is 0 Å². The Morgan fingerprint density at radius 2 is 2.17 bits per heavy atom. The molecule has 1 amide bonds. The van der Waals surface area contributed by atoms with E-state index < -0.39 is 0 Å². The molecule has 0 aromatic carbocycles. The maximum Gasteiger partial charge on any atom is 0.230 e. The van der Waals surface area contributed by atoms with Gasteiger partial charge in [-0.2, -0.15) is 0 Å². The minimum atomic E-state index is 0.0999. The van der Waals surface area contributed by atoms with Gasteiger partial charge in [-0.1, -0.05) is 0 Å². The molecule has 1 N–H and O–H groups in total. The van der Waals surface area contributed by atoms with E-state index in [9.17, 15) is 4.79 Å². The summed E-state index contributed by atoms with van der Waals surface area (Å²) in [6.45, 7) is 6.78. The van der Waals surface area contributed by atoms with Gasteiger partial charge in [0.25, 0.3) is 0 Å². The van der Waals surface area contributed by atoms with Crippen molar-refractivity contribution >= 4 is 11.8 Å². The van der Waals surface area contributed by atoms with Gasteiger partial charge in [0, 0.05) is 52.3 Å². The molecule has 1 aromatic rings. The van der Waals surface area contributed by atoms with Crippen LogP contribution in [-0.4, -0.2) is 50.6 Å². The second-order valence-electron chi connectivity index (χ2n) is 4.68. The first-order valence-electron chi connectivity index (χ1n) is 6.43. The maximum atomic E-state index is 12.0. The zero-order chi connectivity index (χ0) is 13.0. The predicted molar refractivity (Wildman–Crippen MR) is 70.8 cm³/mol. The van der Waals surface area contributed by atoms with Crippen molar-refractivity contribution < 1.29 is 9.21 Å². The van der Waals surface area contributed by atoms with E-state index in [1.807, 2.05) is 19.1 Å². The lowest BCUT2D eigenvalue weighted by Gasteiger charge is -2.27. The minimum Gasteiger partial charge on any atom is -0.445 e. The van der Waals surface area contributed by atoms with Crippen LogP contribution >= 0.6 is 0 Å². The molecule has 100 valence electrons. The van der Waals surface area contributed by atoms with Crippen LogP contribution in [-0.2, 0) is 4.79 Å². The van der Waals surface area contributed by atoms with Crippen molar-refractivity contribution in [2.24, 2.45) is 0 Å². The Bertz CT molecular complexity index is 397. The van der Waals surface area contributed by atoms with E-state index in [0.717, 1.165) is 38.5 Å². The fourth-order valence-corrected chi connectivity index (χ4v) is 2.08. The molecule has 5 heteroatoms. The van der Waals surface area contributed by atoms with Gasteiger partial charge in [-0.15, -0.1) is 0 Å². The molecule has 0 spiro atoms. The smallest absolute Gasteiger partial charge is 0.230 e. The largest absolute Gasteiger partial charge is 0.445 e. The minimum absolute atomic E-state index is 0.0999. The number of hydrogen-bond donors (Lipinski definition) is 1. The van der Waals surface area contributed by atoms with Crippen molar-refractivity contribution in [3.8, 4) is 0 Å². The molecule has 2 heterocycles. The molecule has 1 saturated heterocycles. The molecule has 2 rings (SSSR count). The van der Waals surface area contributed by atoms with Gasteiger partial charge in [0.2, 0.25) is 11.8 Å². The second-order valence-corrected chi connectivity index (χ2v) is 4.68. The van der Waals surface area contributed by atoms with E-state index in [-0.39, 0.29) is 5.91 Å². The first kappa shape index (κ1) is 13.1. The molecule has 1 aliphatic heterocycles. The number of carbonyl (C=O) groups excluding carboxylic acids is 1. The van der Waals surface area contributed by atoms with E-state index in [0.29, 0.717) is 12.3 Å². The van der Waals surface area contributed by atoms with Gasteiger partial charge in [0.1, 0.15) is 5.76 Å². The van der Waals surface area contributed by atoms with Crippen LogP contribution in [0.3, 0.4) is 0 Å². The topological polar surface area (TPSA) is 48.7 Å². The number of anilines is 1. The van der Waals surface area contributed by atoms with Gasteiger partial charge >= 0.3 is 0 Å². The highest BCUT2D eigenvalue weighted by Gasteiger charge is 2.16. The van der Waals surface area contributed by atoms with Crippen molar-refractivity contribution in [1.82, 2.24) is 10.2 Å². The van der Waals surface area contributed by atoms with Crippen molar-refractivity contribution in [3.05, 3.63) is 17.9 Å². The Hall–Kier alpha value is -1.33. The number of amides is 1. The van der Waals surface area contributed by atoms with Crippen molar-refractivity contribution in [2.45, 2.75) is 13.3 Å². The van der Waals surface area contributed by atoms with Crippen LogP contribution < -0.4 is 10.2 Å². The van der Waals surface area contributed by atoms with Crippen LogP contribution in [0.25, 0.3) is 0 Å². The molecule has 1 aromatic heterocycles. The lowest BCUT2D eigenvalue weighted by Crippen LogP contribution is -2.44. The van der Waals surface area contributed by atoms with E-state index in [1.165, 1.54) is 0 Å². The summed E-state index contributed by atoms with van der Waals surface area (Å²) in [6.07, 6.45) is 0.538. The Kier molecular flexibility index (Phi) is 4.38. The van der Waals surface area contributed by atoms with Crippen LogP contribution in [0.15, 0.2) is 16.5 Å². The summed E-state index contributed by atoms with van der Waals surface area (Å²) in [5.74, 6) is 1.55. The zero-order valence-electron chi connectivity index (χ0n) is 11.1. The van der Waals surface area contributed by atoms with Crippen molar-refractivity contribution in [1.29, 1.82) is 0 Å². The Morgan fingerprint density at radius 1 is 1.44 bits per heavy atom. The van der Waals surface area contributed by atoms with Crippen LogP contribution in [0, 0.1) is 6.92 Å². The molecule has 1 fully saturated rings. The molecule has 0 aliphatic carbocycles. The van der Waals surface area contributed by atoms with Crippen LogP contribution in [0.2, 0.25) is 0 Å². The number of aryl methyl sites for hydroxylation is 1. The van der Waals surface area contributed by atoms with Gasteiger partial charge in [0.15, 0.2) is 0 Å². The van der Waals surface area contributed by atoms with E-state index in [4.69, 9.17) is 4.42 Å². The third-order valence-corrected chi connectivity index (χ3v) is 3.28. The molecule has 18 heavy (non-hydrogen) atoms. The quantitative estimate of drug-likeness (QED) is 0.861. The SMILES string of the molecule is Cc1ccc(N(C)C(=O)CCN2CCNCC2)o1. The number of nitrogens with one attached hydrogen (secondary N) is 1. The average molecular weight is 251 g/mol. The zero-order valence-corrected chi connectivity index (χ0v) is 11.1. The van der Waals surface area contributed by atoms with Gasteiger partial charge in [0.05, 0.1) is 0 Å². The van der Waals surface area contributed by atoms with Crippen LogP contribution in [0.1, 0.15) is 12.2 Å². The average Bonchev–Trinajstić information content (AvgIpc) is 2.83. The highest BCUT2D eigenvalue weighted by molar-refractivity contribution is 5.91. The van der Waals surface area contributed by atoms with E-state index in [1.54, 1.807) is 11.9 Å². The third-order valence-electron chi connectivity index (χ3n) is 3.28. The predicted octanol–water partition coefficient (Wildman–Crippen LogP) is 0.846. The molecule has 0 unspecified atom stereocenters. The molecule has 0 bridgehead atoms. The fourth-order valence-electron chi connectivity index (χ4n) is 2.08. The summed E-state index contributed by atoms with van der Waals surface area (Å²) >= 11 is 0. The number of rotatable bonds is 4. The lowest BCUT2D eigenvalue weighted by molar-refractivity contribution is -0.118. The van der Waals surface area contributed by atoms with E-state index in [2.05, 4.69) is 10.2 Å². The highest BCUT2D eigenvalue weighted by atomic mass is 16.4. The van der Waals surface area contributed by atoms with Crippen molar-refractivity contribution in [2.75, 3.05) is 44.7 Å². The van der Waals surface area contributed by atoms with Gasteiger partial charge in [-0.05, 0) is 13.0 Å². The third kappa shape index (κ3) is 3.34. The molecular formula is C13H21N3O2. The summed E-state index contributed by atoms with van der Waals surface area (Å²) < 4.78 is 5.44. The summed E-state index contributed by atoms with van der Waals surface area (Å²) in [5.41, 5.74) is 0. The highest BCUT2D eigenvalue weighted by Crippen LogP contribution is 2.17. The number of nitrogens with zero attached hydrogens (tertiary/aromatic N) is 2. The summed E-state index contributed by atoms with van der Waals surface area (Å²) in [5, 5.41) is 3.30. The summed E-state index contributed by atoms with van der Waals surface area (Å²) in [6, 6.07) is 3.70. The maximum absolute atomic E-state index is 12.0. The number of carbonyl (C=O) groups is 1. The lowest BCUT2D eigenvalue weighted by atomic mass is 10.3. The van der Waals surface area contributed by atoms with Gasteiger partial charge < -0.3 is 14.6 Å². The molecule has 0 radical (unpaired) electrons. The van der Waals surface area contributed by atoms with Crippen molar-refractivity contribution in [3.63, 3.8) is 0 Å². The van der Waals surface area contributed by atoms with Crippen LogP contribution in [0.5, 0.6) is 0 Å². The molecule has 5 nitrogen and oxygen atoms in total. The number of piperazine rings is 1.